The summed E-state index contributed by atoms with van der Waals surface area (Å²) in [5.41, 5.74) is 0.826. The predicted octanol–water partition coefficient (Wildman–Crippen LogP) is 1.98. The Kier molecular flexibility index (Phi) is 5.48. The molecule has 0 aliphatic heterocycles. The fourth-order valence-electron chi connectivity index (χ4n) is 1.82. The van der Waals surface area contributed by atoms with E-state index in [-0.39, 0.29) is 24.1 Å². The highest BCUT2D eigenvalue weighted by Gasteiger charge is 2.16. The number of amides is 1. The first-order chi connectivity index (χ1) is 8.88. The van der Waals surface area contributed by atoms with Crippen LogP contribution in [0.3, 0.4) is 0 Å². The van der Waals surface area contributed by atoms with E-state index < -0.39 is 12.0 Å². The first kappa shape index (κ1) is 15.1. The number of nitrogens with one attached hydrogen (secondary N) is 1. The standard InChI is InChI=1S/C14H18FNO3/c1-9(6-11-4-3-5-12(15)8-11)7-13(17)16-10(2)14(18)19/h3-5,8-10H,6-7H2,1-2H3,(H,16,17)(H,18,19)/t9?,10-/m1/s1. The number of carbonyl (C=O) groups is 2. The third-order valence-corrected chi connectivity index (χ3v) is 2.75. The molecule has 1 unspecified atom stereocenters. The normalized spacial score (nSPS) is 13.6. The maximum atomic E-state index is 13.0. The Balaban J connectivity index is 2.45. The smallest absolute Gasteiger partial charge is 0.325 e. The van der Waals surface area contributed by atoms with Crippen LogP contribution in [0.15, 0.2) is 24.3 Å². The molecule has 19 heavy (non-hydrogen) atoms. The number of carboxylic acids is 1. The van der Waals surface area contributed by atoms with Crippen molar-refractivity contribution in [2.24, 2.45) is 5.92 Å². The zero-order chi connectivity index (χ0) is 14.4. The van der Waals surface area contributed by atoms with Crippen LogP contribution in [-0.4, -0.2) is 23.0 Å². The third kappa shape index (κ3) is 5.50. The van der Waals surface area contributed by atoms with Crippen LogP contribution in [-0.2, 0) is 16.0 Å². The molecule has 0 spiro atoms. The van der Waals surface area contributed by atoms with Crippen molar-refractivity contribution in [2.75, 3.05) is 0 Å². The van der Waals surface area contributed by atoms with Crippen LogP contribution >= 0.6 is 0 Å². The van der Waals surface area contributed by atoms with Crippen LogP contribution in [0, 0.1) is 11.7 Å². The third-order valence-electron chi connectivity index (χ3n) is 2.75. The highest BCUT2D eigenvalue weighted by Crippen LogP contribution is 2.13. The Hall–Kier alpha value is -1.91. The van der Waals surface area contributed by atoms with Crippen molar-refractivity contribution in [2.45, 2.75) is 32.7 Å². The SMILES string of the molecule is CC(CC(=O)N[C@H](C)C(=O)O)Cc1cccc(F)c1. The van der Waals surface area contributed by atoms with Gasteiger partial charge in [0.1, 0.15) is 11.9 Å². The van der Waals surface area contributed by atoms with Crippen molar-refractivity contribution in [1.29, 1.82) is 0 Å². The van der Waals surface area contributed by atoms with Gasteiger partial charge < -0.3 is 10.4 Å². The van der Waals surface area contributed by atoms with Crippen LogP contribution in [0.5, 0.6) is 0 Å². The Labute approximate surface area is 111 Å². The maximum absolute atomic E-state index is 13.0. The molecule has 4 nitrogen and oxygen atoms in total. The molecule has 0 bridgehead atoms. The van der Waals surface area contributed by atoms with Crippen molar-refractivity contribution in [3.63, 3.8) is 0 Å². The summed E-state index contributed by atoms with van der Waals surface area (Å²) in [6.45, 7) is 3.29. The van der Waals surface area contributed by atoms with Gasteiger partial charge in [-0.1, -0.05) is 19.1 Å². The summed E-state index contributed by atoms with van der Waals surface area (Å²) in [4.78, 5) is 22.2. The van der Waals surface area contributed by atoms with E-state index in [1.54, 1.807) is 12.1 Å². The number of carboxylic acid groups (broad SMARTS) is 1. The molecule has 0 aliphatic rings. The minimum atomic E-state index is -1.06. The molecule has 0 heterocycles. The largest absolute Gasteiger partial charge is 0.480 e. The molecule has 1 amide bonds. The molecule has 1 aromatic carbocycles. The molecule has 0 saturated carbocycles. The molecule has 104 valence electrons. The molecule has 1 aromatic rings. The van der Waals surface area contributed by atoms with E-state index in [1.807, 2.05) is 6.92 Å². The molecule has 5 heteroatoms. The second kappa shape index (κ2) is 6.87. The number of rotatable bonds is 6. The highest BCUT2D eigenvalue weighted by atomic mass is 19.1. The summed E-state index contributed by atoms with van der Waals surface area (Å²) in [6, 6.07) is 5.35. The molecule has 0 aromatic heterocycles. The summed E-state index contributed by atoms with van der Waals surface area (Å²) in [5, 5.41) is 11.1. The molecule has 0 saturated heterocycles. The molecular formula is C14H18FNO3. The Bertz CT molecular complexity index is 462. The van der Waals surface area contributed by atoms with E-state index in [0.29, 0.717) is 6.42 Å². The number of halogens is 1. The predicted molar refractivity (Wildman–Crippen MR) is 69.1 cm³/mol. The van der Waals surface area contributed by atoms with Crippen LogP contribution in [0.25, 0.3) is 0 Å². The van der Waals surface area contributed by atoms with E-state index >= 15 is 0 Å². The van der Waals surface area contributed by atoms with Gasteiger partial charge >= 0.3 is 5.97 Å². The van der Waals surface area contributed by atoms with E-state index in [1.165, 1.54) is 19.1 Å². The summed E-state index contributed by atoms with van der Waals surface area (Å²) < 4.78 is 13.0. The minimum Gasteiger partial charge on any atom is -0.480 e. The van der Waals surface area contributed by atoms with Gasteiger partial charge in [0.25, 0.3) is 0 Å². The topological polar surface area (TPSA) is 66.4 Å². The molecule has 0 aliphatic carbocycles. The van der Waals surface area contributed by atoms with Crippen LogP contribution in [0.1, 0.15) is 25.8 Å². The van der Waals surface area contributed by atoms with E-state index in [2.05, 4.69) is 5.32 Å². The average molecular weight is 267 g/mol. The van der Waals surface area contributed by atoms with Crippen LogP contribution in [0.2, 0.25) is 0 Å². The maximum Gasteiger partial charge on any atom is 0.325 e. The fraction of sp³-hybridized carbons (Fsp3) is 0.429. The average Bonchev–Trinajstić information content (AvgIpc) is 2.27. The summed E-state index contributed by atoms with van der Waals surface area (Å²) in [6.07, 6.45) is 0.792. The van der Waals surface area contributed by atoms with Gasteiger partial charge in [-0.2, -0.15) is 0 Å². The monoisotopic (exact) mass is 267 g/mol. The molecule has 1 rings (SSSR count). The molecule has 2 N–H and O–H groups in total. The zero-order valence-corrected chi connectivity index (χ0v) is 11.0. The number of hydrogen-bond donors (Lipinski definition) is 2. The number of benzene rings is 1. The second-order valence-corrected chi connectivity index (χ2v) is 4.77. The quantitative estimate of drug-likeness (QED) is 0.828. The van der Waals surface area contributed by atoms with Crippen molar-refractivity contribution < 1.29 is 19.1 Å². The lowest BCUT2D eigenvalue weighted by Gasteiger charge is -2.13. The Morgan fingerprint density at radius 1 is 1.37 bits per heavy atom. The molecular weight excluding hydrogens is 249 g/mol. The molecule has 2 atom stereocenters. The van der Waals surface area contributed by atoms with Crippen molar-refractivity contribution >= 4 is 11.9 Å². The lowest BCUT2D eigenvalue weighted by molar-refractivity contribution is -0.141. The first-order valence-corrected chi connectivity index (χ1v) is 6.15. The van der Waals surface area contributed by atoms with Gasteiger partial charge in [-0.3, -0.25) is 9.59 Å². The van der Waals surface area contributed by atoms with Gasteiger partial charge in [0.15, 0.2) is 0 Å². The van der Waals surface area contributed by atoms with Gasteiger partial charge in [0.05, 0.1) is 0 Å². The minimum absolute atomic E-state index is 0.0165. The summed E-state index contributed by atoms with van der Waals surface area (Å²) in [7, 11) is 0. The fourth-order valence-corrected chi connectivity index (χ4v) is 1.82. The number of hydrogen-bond acceptors (Lipinski definition) is 2. The molecule has 0 radical (unpaired) electrons. The van der Waals surface area contributed by atoms with Crippen LogP contribution in [0.4, 0.5) is 4.39 Å². The second-order valence-electron chi connectivity index (χ2n) is 4.77. The lowest BCUT2D eigenvalue weighted by atomic mass is 9.97. The zero-order valence-electron chi connectivity index (χ0n) is 11.0. The van der Waals surface area contributed by atoms with E-state index in [4.69, 9.17) is 5.11 Å². The van der Waals surface area contributed by atoms with E-state index in [0.717, 1.165) is 5.56 Å². The first-order valence-electron chi connectivity index (χ1n) is 6.15. The molecule has 0 fully saturated rings. The number of aliphatic carboxylic acids is 1. The van der Waals surface area contributed by atoms with Crippen molar-refractivity contribution in [1.82, 2.24) is 5.32 Å². The van der Waals surface area contributed by atoms with Gasteiger partial charge in [0.2, 0.25) is 5.91 Å². The number of carbonyl (C=O) groups excluding carboxylic acids is 1. The van der Waals surface area contributed by atoms with Crippen LogP contribution < -0.4 is 5.32 Å². The van der Waals surface area contributed by atoms with Gasteiger partial charge in [0, 0.05) is 6.42 Å². The highest BCUT2D eigenvalue weighted by molar-refractivity contribution is 5.83. The Morgan fingerprint density at radius 2 is 2.05 bits per heavy atom. The summed E-state index contributed by atoms with van der Waals surface area (Å²) in [5.74, 6) is -1.65. The summed E-state index contributed by atoms with van der Waals surface area (Å²) >= 11 is 0. The van der Waals surface area contributed by atoms with E-state index in [9.17, 15) is 14.0 Å². The van der Waals surface area contributed by atoms with Gasteiger partial charge in [-0.05, 0) is 37.0 Å². The van der Waals surface area contributed by atoms with Crippen molar-refractivity contribution in [3.8, 4) is 0 Å². The van der Waals surface area contributed by atoms with Gasteiger partial charge in [-0.15, -0.1) is 0 Å². The van der Waals surface area contributed by atoms with Gasteiger partial charge in [-0.25, -0.2) is 4.39 Å². The van der Waals surface area contributed by atoms with Crippen molar-refractivity contribution in [3.05, 3.63) is 35.6 Å². The Morgan fingerprint density at radius 3 is 2.63 bits per heavy atom. The lowest BCUT2D eigenvalue weighted by Crippen LogP contribution is -2.39.